The number of rotatable bonds is 7. The van der Waals surface area contributed by atoms with Crippen molar-refractivity contribution >= 4 is 34.6 Å². The highest BCUT2D eigenvalue weighted by atomic mass is 32.2. The Morgan fingerprint density at radius 2 is 1.85 bits per heavy atom. The Bertz CT molecular complexity index is 925. The fourth-order valence-corrected chi connectivity index (χ4v) is 2.82. The second-order valence-corrected chi connectivity index (χ2v) is 6.72. The van der Waals surface area contributed by atoms with E-state index in [4.69, 9.17) is 10.9 Å². The molecular weight excluding hydrogens is 368 g/mol. The Hall–Kier alpha value is -3.21. The number of amides is 1. The number of nitrogens with two attached hydrogens (primary N) is 2. The van der Waals surface area contributed by atoms with Crippen LogP contribution >= 0.6 is 0 Å². The number of H-pyrrole nitrogens is 1. The van der Waals surface area contributed by atoms with Crippen molar-refractivity contribution in [1.82, 2.24) is 10.2 Å². The van der Waals surface area contributed by atoms with Gasteiger partial charge in [-0.15, -0.1) is 5.14 Å². The number of aromatic amines is 1. The maximum absolute atomic E-state index is 11.9. The molecule has 8 N–H and O–H groups in total. The van der Waals surface area contributed by atoms with Crippen molar-refractivity contribution in [2.75, 3.05) is 10.6 Å². The molecule has 2 aromatic carbocycles. The van der Waals surface area contributed by atoms with Crippen LogP contribution in [0.2, 0.25) is 0 Å². The van der Waals surface area contributed by atoms with E-state index in [2.05, 4.69) is 20.8 Å². The van der Waals surface area contributed by atoms with E-state index in [-0.39, 0.29) is 17.1 Å². The third kappa shape index (κ3) is 4.50. The molecule has 0 aliphatic heterocycles. The molecule has 1 heterocycles. The van der Waals surface area contributed by atoms with Crippen molar-refractivity contribution in [1.29, 1.82) is 0 Å². The van der Waals surface area contributed by atoms with Crippen molar-refractivity contribution < 1.29 is 14.5 Å². The van der Waals surface area contributed by atoms with Gasteiger partial charge in [0.1, 0.15) is 17.1 Å². The first-order valence-corrected chi connectivity index (χ1v) is 9.08. The van der Waals surface area contributed by atoms with Gasteiger partial charge in [0, 0.05) is 12.2 Å². The average molecular weight is 386 g/mol. The van der Waals surface area contributed by atoms with Crippen LogP contribution in [-0.4, -0.2) is 25.8 Å². The molecule has 0 aliphatic rings. The number of aromatic hydroxyl groups is 1. The van der Waals surface area contributed by atoms with Crippen LogP contribution in [0.4, 0.5) is 17.3 Å². The molecule has 1 atom stereocenters. The second kappa shape index (κ2) is 7.99. The van der Waals surface area contributed by atoms with E-state index in [9.17, 15) is 14.5 Å². The highest BCUT2D eigenvalue weighted by molar-refractivity contribution is 7.89. The minimum Gasteiger partial charge on any atom is -0.593 e. The number of hydrogen-bond acceptors (Lipinski definition) is 7. The molecule has 10 heteroatoms. The fraction of sp³-hybridized carbons (Fsp3) is 0.0588. The van der Waals surface area contributed by atoms with Crippen molar-refractivity contribution in [3.63, 3.8) is 0 Å². The standard InChI is InChI=1S/C17H18N6O3S/c18-15(25)14-16(20-9-10-1-5-12(24)6-2-10)22-23-17(14)21-11-3-7-13(8-4-11)27(19)26/h1-8,24H,9,19H2,(H2,18,25)(H3,20,21,22,23). The summed E-state index contributed by atoms with van der Waals surface area (Å²) in [6.45, 7) is 0.402. The van der Waals surface area contributed by atoms with Crippen LogP contribution in [0.1, 0.15) is 15.9 Å². The number of nitrogens with zero attached hydrogens (tertiary/aromatic N) is 1. The first-order chi connectivity index (χ1) is 12.9. The monoisotopic (exact) mass is 386 g/mol. The Kier molecular flexibility index (Phi) is 5.50. The quantitative estimate of drug-likeness (QED) is 0.335. The summed E-state index contributed by atoms with van der Waals surface area (Å²) in [5, 5.41) is 27.5. The maximum Gasteiger partial charge on any atom is 0.256 e. The molecule has 140 valence electrons. The van der Waals surface area contributed by atoms with Crippen LogP contribution in [-0.2, 0) is 17.9 Å². The number of nitrogens with one attached hydrogen (secondary N) is 3. The molecule has 1 amide bonds. The van der Waals surface area contributed by atoms with Gasteiger partial charge in [-0.05, 0) is 42.0 Å². The van der Waals surface area contributed by atoms with Crippen LogP contribution in [0.25, 0.3) is 0 Å². The lowest BCUT2D eigenvalue weighted by Gasteiger charge is -2.08. The highest BCUT2D eigenvalue weighted by Crippen LogP contribution is 2.25. The van der Waals surface area contributed by atoms with Gasteiger partial charge < -0.3 is 26.0 Å². The van der Waals surface area contributed by atoms with Crippen LogP contribution in [0.5, 0.6) is 5.75 Å². The van der Waals surface area contributed by atoms with E-state index < -0.39 is 17.3 Å². The lowest BCUT2D eigenvalue weighted by Crippen LogP contribution is -2.15. The molecule has 0 aliphatic carbocycles. The number of carbonyl (C=O) groups excluding carboxylic acids is 1. The predicted octanol–water partition coefficient (Wildman–Crippen LogP) is 1.55. The third-order valence-corrected chi connectivity index (χ3v) is 4.50. The van der Waals surface area contributed by atoms with Crippen LogP contribution in [0.15, 0.2) is 53.4 Å². The van der Waals surface area contributed by atoms with Crippen molar-refractivity contribution in [3.8, 4) is 5.75 Å². The van der Waals surface area contributed by atoms with Crippen LogP contribution in [0.3, 0.4) is 0 Å². The Labute approximate surface area is 158 Å². The first kappa shape index (κ1) is 18.6. The molecular formula is C17H18N6O3S. The van der Waals surface area contributed by atoms with Gasteiger partial charge >= 0.3 is 0 Å². The second-order valence-electron chi connectivity index (χ2n) is 5.65. The molecule has 27 heavy (non-hydrogen) atoms. The van der Waals surface area contributed by atoms with Gasteiger partial charge in [-0.25, -0.2) is 0 Å². The van der Waals surface area contributed by atoms with E-state index >= 15 is 0 Å². The van der Waals surface area contributed by atoms with E-state index in [0.29, 0.717) is 22.9 Å². The molecule has 3 rings (SSSR count). The zero-order valence-corrected chi connectivity index (χ0v) is 14.9. The Balaban J connectivity index is 1.76. The molecule has 0 radical (unpaired) electrons. The van der Waals surface area contributed by atoms with Gasteiger partial charge in [0.05, 0.1) is 11.4 Å². The topological polar surface area (TPSA) is 165 Å². The van der Waals surface area contributed by atoms with Gasteiger partial charge in [-0.3, -0.25) is 9.89 Å². The zero-order chi connectivity index (χ0) is 19.4. The predicted molar refractivity (Wildman–Crippen MR) is 103 cm³/mol. The summed E-state index contributed by atoms with van der Waals surface area (Å²) in [6, 6.07) is 13.2. The summed E-state index contributed by atoms with van der Waals surface area (Å²) < 4.78 is 11.2. The number of primary amides is 1. The van der Waals surface area contributed by atoms with Crippen LogP contribution in [0, 0.1) is 0 Å². The largest absolute Gasteiger partial charge is 0.593 e. The Morgan fingerprint density at radius 3 is 2.44 bits per heavy atom. The molecule has 0 bridgehead atoms. The fourth-order valence-electron chi connectivity index (χ4n) is 2.41. The normalized spacial score (nSPS) is 11.8. The molecule has 1 unspecified atom stereocenters. The summed E-state index contributed by atoms with van der Waals surface area (Å²) in [4.78, 5) is 12.4. The summed E-state index contributed by atoms with van der Waals surface area (Å²) in [7, 11) is 0. The average Bonchev–Trinajstić information content (AvgIpc) is 3.04. The minimum absolute atomic E-state index is 0.175. The van der Waals surface area contributed by atoms with Crippen molar-refractivity contribution in [3.05, 3.63) is 59.7 Å². The molecule has 3 aromatic rings. The molecule has 0 spiro atoms. The summed E-state index contributed by atoms with van der Waals surface area (Å²) in [6.07, 6.45) is 0. The Morgan fingerprint density at radius 1 is 1.19 bits per heavy atom. The van der Waals surface area contributed by atoms with Crippen molar-refractivity contribution in [2.24, 2.45) is 10.9 Å². The van der Waals surface area contributed by atoms with Gasteiger partial charge in [-0.1, -0.05) is 12.1 Å². The van der Waals surface area contributed by atoms with Crippen LogP contribution < -0.4 is 21.5 Å². The number of phenolic OH excluding ortho intramolecular Hbond substituents is 1. The van der Waals surface area contributed by atoms with Gasteiger partial charge in [-0.2, -0.15) is 5.10 Å². The van der Waals surface area contributed by atoms with Gasteiger partial charge in [0.15, 0.2) is 10.7 Å². The lowest BCUT2D eigenvalue weighted by atomic mass is 10.2. The number of anilines is 3. The number of hydrogen-bond donors (Lipinski definition) is 6. The van der Waals surface area contributed by atoms with E-state index in [1.807, 2.05) is 0 Å². The molecule has 9 nitrogen and oxygen atoms in total. The van der Waals surface area contributed by atoms with E-state index in [0.717, 1.165) is 5.56 Å². The zero-order valence-electron chi connectivity index (χ0n) is 14.1. The molecule has 0 fully saturated rings. The van der Waals surface area contributed by atoms with E-state index in [1.54, 1.807) is 48.5 Å². The maximum atomic E-state index is 11.9. The third-order valence-electron chi connectivity index (χ3n) is 3.77. The van der Waals surface area contributed by atoms with Gasteiger partial charge in [0.25, 0.3) is 5.91 Å². The summed E-state index contributed by atoms with van der Waals surface area (Å²) >= 11 is -1.56. The molecule has 0 saturated carbocycles. The first-order valence-electron chi connectivity index (χ1n) is 7.87. The smallest absolute Gasteiger partial charge is 0.256 e. The highest BCUT2D eigenvalue weighted by Gasteiger charge is 2.18. The number of aromatic nitrogens is 2. The lowest BCUT2D eigenvalue weighted by molar-refractivity contribution is 0.100. The molecule has 1 aromatic heterocycles. The summed E-state index contributed by atoms with van der Waals surface area (Å²) in [5.74, 6) is 0.156. The molecule has 0 saturated heterocycles. The van der Waals surface area contributed by atoms with Gasteiger partial charge in [0.2, 0.25) is 0 Å². The number of carbonyl (C=O) groups is 1. The summed E-state index contributed by atoms with van der Waals surface area (Å²) in [5.41, 5.74) is 7.21. The number of benzene rings is 2. The van der Waals surface area contributed by atoms with Crippen molar-refractivity contribution in [2.45, 2.75) is 11.4 Å². The SMILES string of the molecule is NC(=O)c1c(Nc2ccc([S+](N)[O-])cc2)n[nH]c1NCc1ccc(O)cc1. The van der Waals surface area contributed by atoms with E-state index in [1.165, 1.54) is 0 Å². The minimum atomic E-state index is -1.56. The number of phenols is 1.